The van der Waals surface area contributed by atoms with Gasteiger partial charge in [0.15, 0.2) is 5.82 Å². The van der Waals surface area contributed by atoms with Crippen LogP contribution in [0.3, 0.4) is 0 Å². The number of aromatic nitrogens is 3. The molecule has 10 heteroatoms. The summed E-state index contributed by atoms with van der Waals surface area (Å²) in [5.74, 6) is 1.14. The van der Waals surface area contributed by atoms with Gasteiger partial charge in [0, 0.05) is 57.7 Å². The van der Waals surface area contributed by atoms with Crippen LogP contribution in [0, 0.1) is 0 Å². The van der Waals surface area contributed by atoms with E-state index in [-0.39, 0.29) is 35.9 Å². The maximum absolute atomic E-state index is 12.7. The van der Waals surface area contributed by atoms with Gasteiger partial charge in [0.05, 0.1) is 6.54 Å². The van der Waals surface area contributed by atoms with Gasteiger partial charge in [-0.25, -0.2) is 0 Å². The number of rotatable bonds is 9. The molecule has 0 aliphatic carbocycles. The lowest BCUT2D eigenvalue weighted by molar-refractivity contribution is -0.134. The van der Waals surface area contributed by atoms with E-state index in [4.69, 9.17) is 4.74 Å². The molecule has 186 valence electrons. The molecule has 2 fully saturated rings. The number of ether oxygens (including phenoxy) is 1. The number of hydrogen-bond acceptors (Lipinski definition) is 7. The van der Waals surface area contributed by atoms with E-state index in [1.807, 2.05) is 23.1 Å². The number of amides is 2. The predicted octanol–water partition coefficient (Wildman–Crippen LogP) is 1.10. The molecule has 0 spiro atoms. The summed E-state index contributed by atoms with van der Waals surface area (Å²) >= 11 is 0. The molecule has 0 saturated carbocycles. The van der Waals surface area contributed by atoms with E-state index in [9.17, 15) is 14.4 Å². The van der Waals surface area contributed by atoms with Crippen LogP contribution in [0.5, 0.6) is 5.75 Å². The minimum Gasteiger partial charge on any atom is -0.490 e. The number of H-pyrrole nitrogens is 1. The van der Waals surface area contributed by atoms with Crippen LogP contribution in [0.2, 0.25) is 0 Å². The van der Waals surface area contributed by atoms with E-state index in [1.165, 1.54) is 0 Å². The zero-order chi connectivity index (χ0) is 24.6. The Morgan fingerprint density at radius 2 is 1.77 bits per heavy atom. The molecular weight excluding hydrogens is 448 g/mol. The SMILES string of the molecule is C=CCOc1cccc(-c2nnc(CCC(=O)N3CCN(CC(=O)N4CCCC4)CC3)c(=O)[nH]2)c1. The van der Waals surface area contributed by atoms with Gasteiger partial charge in [-0.3, -0.25) is 19.3 Å². The molecule has 0 radical (unpaired) electrons. The lowest BCUT2D eigenvalue weighted by Crippen LogP contribution is -2.51. The molecule has 0 atom stereocenters. The third-order valence-corrected chi connectivity index (χ3v) is 6.36. The molecule has 2 amide bonds. The first kappa shape index (κ1) is 24.6. The molecule has 1 aromatic heterocycles. The van der Waals surface area contributed by atoms with Gasteiger partial charge in [0.25, 0.3) is 5.56 Å². The van der Waals surface area contributed by atoms with Crippen LogP contribution >= 0.6 is 0 Å². The van der Waals surface area contributed by atoms with Crippen LogP contribution < -0.4 is 10.3 Å². The second-order valence-corrected chi connectivity index (χ2v) is 8.82. The average Bonchev–Trinajstić information content (AvgIpc) is 3.42. The van der Waals surface area contributed by atoms with Gasteiger partial charge in [-0.15, -0.1) is 10.2 Å². The van der Waals surface area contributed by atoms with Crippen LogP contribution in [0.1, 0.15) is 25.0 Å². The Morgan fingerprint density at radius 1 is 1.03 bits per heavy atom. The summed E-state index contributed by atoms with van der Waals surface area (Å²) in [5.41, 5.74) is 0.557. The lowest BCUT2D eigenvalue weighted by Gasteiger charge is -2.35. The van der Waals surface area contributed by atoms with E-state index in [0.29, 0.717) is 56.5 Å². The zero-order valence-electron chi connectivity index (χ0n) is 19.9. The third kappa shape index (κ3) is 6.54. The number of piperazine rings is 1. The molecule has 2 aromatic rings. The number of benzene rings is 1. The van der Waals surface area contributed by atoms with Crippen LogP contribution in [0.4, 0.5) is 0 Å². The molecule has 0 bridgehead atoms. The number of aromatic amines is 1. The summed E-state index contributed by atoms with van der Waals surface area (Å²) < 4.78 is 5.52. The van der Waals surface area contributed by atoms with Crippen molar-refractivity contribution in [3.8, 4) is 17.1 Å². The third-order valence-electron chi connectivity index (χ3n) is 6.36. The Bertz CT molecular complexity index is 1100. The number of aryl methyl sites for hydroxylation is 1. The van der Waals surface area contributed by atoms with Crippen molar-refractivity contribution in [1.29, 1.82) is 0 Å². The highest BCUT2D eigenvalue weighted by Crippen LogP contribution is 2.20. The molecule has 2 saturated heterocycles. The van der Waals surface area contributed by atoms with E-state index in [0.717, 1.165) is 25.9 Å². The van der Waals surface area contributed by atoms with Crippen LogP contribution in [-0.2, 0) is 16.0 Å². The van der Waals surface area contributed by atoms with Crippen molar-refractivity contribution in [3.05, 3.63) is 53.0 Å². The summed E-state index contributed by atoms with van der Waals surface area (Å²) in [6.45, 7) is 8.66. The first-order chi connectivity index (χ1) is 17.0. The minimum atomic E-state index is -0.356. The fraction of sp³-hybridized carbons (Fsp3) is 0.480. The highest BCUT2D eigenvalue weighted by Gasteiger charge is 2.25. The number of carbonyl (C=O) groups is 2. The molecule has 10 nitrogen and oxygen atoms in total. The van der Waals surface area contributed by atoms with Crippen molar-refractivity contribution in [2.75, 3.05) is 52.4 Å². The maximum atomic E-state index is 12.7. The van der Waals surface area contributed by atoms with Gasteiger partial charge < -0.3 is 19.5 Å². The minimum absolute atomic E-state index is 0.0205. The smallest absolute Gasteiger partial charge is 0.273 e. The summed E-state index contributed by atoms with van der Waals surface area (Å²) in [6.07, 6.45) is 4.23. The second-order valence-electron chi connectivity index (χ2n) is 8.82. The van der Waals surface area contributed by atoms with Gasteiger partial charge >= 0.3 is 0 Å². The molecule has 1 N–H and O–H groups in total. The van der Waals surface area contributed by atoms with Gasteiger partial charge in [0.2, 0.25) is 11.8 Å². The molecule has 35 heavy (non-hydrogen) atoms. The van der Waals surface area contributed by atoms with E-state index < -0.39 is 0 Å². The Kier molecular flexibility index (Phi) is 8.25. The average molecular weight is 481 g/mol. The van der Waals surface area contributed by atoms with Crippen molar-refractivity contribution in [2.24, 2.45) is 0 Å². The van der Waals surface area contributed by atoms with Crippen LogP contribution in [0.15, 0.2) is 41.7 Å². The van der Waals surface area contributed by atoms with Crippen LogP contribution in [-0.4, -0.2) is 94.1 Å². The number of nitrogens with one attached hydrogen (secondary N) is 1. The lowest BCUT2D eigenvalue weighted by atomic mass is 10.2. The van der Waals surface area contributed by atoms with Gasteiger partial charge in [-0.1, -0.05) is 24.8 Å². The topological polar surface area (TPSA) is 112 Å². The van der Waals surface area contributed by atoms with Crippen molar-refractivity contribution >= 4 is 11.8 Å². The fourth-order valence-electron chi connectivity index (χ4n) is 4.34. The molecule has 3 heterocycles. The summed E-state index contributed by atoms with van der Waals surface area (Å²) in [6, 6.07) is 7.19. The highest BCUT2D eigenvalue weighted by molar-refractivity contribution is 5.79. The number of carbonyl (C=O) groups excluding carboxylic acids is 2. The fourth-order valence-corrected chi connectivity index (χ4v) is 4.34. The Balaban J connectivity index is 1.26. The summed E-state index contributed by atoms with van der Waals surface area (Å²) in [4.78, 5) is 46.1. The number of likely N-dealkylation sites (tertiary alicyclic amines) is 1. The van der Waals surface area contributed by atoms with Gasteiger partial charge in [0.1, 0.15) is 18.1 Å². The Morgan fingerprint density at radius 3 is 2.49 bits per heavy atom. The van der Waals surface area contributed by atoms with Gasteiger partial charge in [-0.2, -0.15) is 0 Å². The number of hydrogen-bond donors (Lipinski definition) is 1. The highest BCUT2D eigenvalue weighted by atomic mass is 16.5. The standard InChI is InChI=1S/C25H32N6O4/c1-2-16-35-20-7-5-6-19(17-20)24-26-25(34)21(27-28-24)8-9-22(32)31-14-12-29(13-15-31)18-23(33)30-10-3-4-11-30/h2,5-7,17H,1,3-4,8-16,18H2,(H,26,28,34). The van der Waals surface area contributed by atoms with Crippen LogP contribution in [0.25, 0.3) is 11.4 Å². The Labute approximate surface area is 204 Å². The monoisotopic (exact) mass is 480 g/mol. The Hall–Kier alpha value is -3.53. The molecule has 2 aliphatic heterocycles. The van der Waals surface area contributed by atoms with E-state index in [2.05, 4.69) is 26.7 Å². The maximum Gasteiger partial charge on any atom is 0.273 e. The quantitative estimate of drug-likeness (QED) is 0.535. The van der Waals surface area contributed by atoms with Crippen molar-refractivity contribution in [1.82, 2.24) is 29.9 Å². The first-order valence-electron chi connectivity index (χ1n) is 12.1. The number of nitrogens with zero attached hydrogens (tertiary/aromatic N) is 5. The van der Waals surface area contributed by atoms with E-state index in [1.54, 1.807) is 17.0 Å². The zero-order valence-corrected chi connectivity index (χ0v) is 19.9. The van der Waals surface area contributed by atoms with E-state index >= 15 is 0 Å². The normalized spacial score (nSPS) is 16.3. The molecular formula is C25H32N6O4. The molecule has 0 unspecified atom stereocenters. The molecule has 1 aromatic carbocycles. The largest absolute Gasteiger partial charge is 0.490 e. The predicted molar refractivity (Wildman–Crippen MR) is 131 cm³/mol. The van der Waals surface area contributed by atoms with Crippen molar-refractivity contribution in [3.63, 3.8) is 0 Å². The summed E-state index contributed by atoms with van der Waals surface area (Å²) in [7, 11) is 0. The van der Waals surface area contributed by atoms with Gasteiger partial charge in [-0.05, 0) is 25.0 Å². The second kappa shape index (κ2) is 11.7. The molecule has 4 rings (SSSR count). The van der Waals surface area contributed by atoms with Crippen molar-refractivity contribution < 1.29 is 14.3 Å². The van der Waals surface area contributed by atoms with Crippen molar-refractivity contribution in [2.45, 2.75) is 25.7 Å². The summed E-state index contributed by atoms with van der Waals surface area (Å²) in [5, 5.41) is 8.22. The first-order valence-corrected chi connectivity index (χ1v) is 12.1. The molecule has 2 aliphatic rings.